The number of carbonyl (C=O) groups is 1. The summed E-state index contributed by atoms with van der Waals surface area (Å²) in [4.78, 5) is 10.4. The van der Waals surface area contributed by atoms with Gasteiger partial charge in [-0.05, 0) is 27.2 Å². The van der Waals surface area contributed by atoms with E-state index in [-0.39, 0.29) is 12.2 Å². The van der Waals surface area contributed by atoms with Gasteiger partial charge in [-0.2, -0.15) is 0 Å². The number of hydrogen-bond acceptors (Lipinski definition) is 2. The lowest BCUT2D eigenvalue weighted by molar-refractivity contribution is -0.145. The highest BCUT2D eigenvalue weighted by Crippen LogP contribution is 2.14. The second kappa shape index (κ2) is 4.45. The summed E-state index contributed by atoms with van der Waals surface area (Å²) < 4.78 is 5.42. The van der Waals surface area contributed by atoms with Crippen LogP contribution in [0.3, 0.4) is 0 Å². The zero-order valence-electron chi connectivity index (χ0n) is 8.26. The molecule has 0 rings (SSSR count). The first-order valence-corrected chi connectivity index (χ1v) is 4.26. The first-order valence-electron chi connectivity index (χ1n) is 4.26. The van der Waals surface area contributed by atoms with Crippen LogP contribution in [-0.2, 0) is 9.53 Å². The van der Waals surface area contributed by atoms with E-state index in [1.165, 1.54) is 0 Å². The lowest BCUT2D eigenvalue weighted by atomic mass is 10.1. The molecule has 0 amide bonds. The Balaban J connectivity index is 3.75. The lowest BCUT2D eigenvalue weighted by Gasteiger charge is -2.24. The van der Waals surface area contributed by atoms with E-state index in [1.807, 2.05) is 20.8 Å². The van der Waals surface area contributed by atoms with Crippen molar-refractivity contribution in [1.29, 1.82) is 0 Å². The topological polar surface area (TPSA) is 46.5 Å². The fraction of sp³-hybridized carbons (Fsp3) is 0.889. The van der Waals surface area contributed by atoms with Crippen molar-refractivity contribution in [3.63, 3.8) is 0 Å². The van der Waals surface area contributed by atoms with Gasteiger partial charge in [-0.25, -0.2) is 0 Å². The quantitative estimate of drug-likeness (QED) is 0.692. The zero-order chi connectivity index (χ0) is 9.78. The van der Waals surface area contributed by atoms with Crippen LogP contribution in [0.5, 0.6) is 0 Å². The highest BCUT2D eigenvalue weighted by atomic mass is 16.5. The maximum atomic E-state index is 10.4. The molecule has 72 valence electrons. The molecule has 0 aromatic rings. The molecule has 3 heteroatoms. The minimum atomic E-state index is -0.804. The van der Waals surface area contributed by atoms with Gasteiger partial charge >= 0.3 is 5.97 Å². The van der Waals surface area contributed by atoms with Crippen molar-refractivity contribution < 1.29 is 14.6 Å². The molecule has 0 aromatic carbocycles. The van der Waals surface area contributed by atoms with Crippen molar-refractivity contribution >= 4 is 5.97 Å². The number of rotatable bonds is 5. The van der Waals surface area contributed by atoms with Gasteiger partial charge in [-0.1, -0.05) is 6.92 Å². The van der Waals surface area contributed by atoms with Gasteiger partial charge in [0.25, 0.3) is 0 Å². The van der Waals surface area contributed by atoms with E-state index in [9.17, 15) is 4.79 Å². The van der Waals surface area contributed by atoms with E-state index in [0.29, 0.717) is 0 Å². The molecule has 1 atom stereocenters. The van der Waals surface area contributed by atoms with Crippen LogP contribution in [0.2, 0.25) is 0 Å². The van der Waals surface area contributed by atoms with Crippen LogP contribution in [0.1, 0.15) is 34.1 Å². The maximum absolute atomic E-state index is 10.4. The van der Waals surface area contributed by atoms with Gasteiger partial charge in [0.1, 0.15) is 0 Å². The first-order chi connectivity index (χ1) is 5.39. The number of ether oxygens (including phenoxy) is 1. The highest BCUT2D eigenvalue weighted by molar-refractivity contribution is 5.69. The Morgan fingerprint density at radius 3 is 2.42 bits per heavy atom. The Morgan fingerprint density at radius 1 is 1.58 bits per heavy atom. The maximum Gasteiger partial charge on any atom is 0.308 e. The van der Waals surface area contributed by atoms with E-state index in [1.54, 1.807) is 6.92 Å². The molecule has 0 heterocycles. The van der Waals surface area contributed by atoms with Crippen LogP contribution < -0.4 is 0 Å². The smallest absolute Gasteiger partial charge is 0.308 e. The Labute approximate surface area is 73.7 Å². The summed E-state index contributed by atoms with van der Waals surface area (Å²) in [7, 11) is 0. The molecule has 1 N–H and O–H groups in total. The summed E-state index contributed by atoms with van der Waals surface area (Å²) in [6.07, 6.45) is 0.888. The van der Waals surface area contributed by atoms with Crippen LogP contribution in [0.25, 0.3) is 0 Å². The minimum Gasteiger partial charge on any atom is -0.481 e. The summed E-state index contributed by atoms with van der Waals surface area (Å²) in [5.74, 6) is -1.22. The number of hydrogen-bond donors (Lipinski definition) is 1. The van der Waals surface area contributed by atoms with E-state index < -0.39 is 11.9 Å². The molecule has 0 spiro atoms. The average molecular weight is 174 g/mol. The van der Waals surface area contributed by atoms with Crippen LogP contribution in [0.15, 0.2) is 0 Å². The molecule has 0 aliphatic heterocycles. The number of aliphatic carboxylic acids is 1. The Bertz CT molecular complexity index is 152. The van der Waals surface area contributed by atoms with E-state index in [2.05, 4.69) is 0 Å². The van der Waals surface area contributed by atoms with Gasteiger partial charge in [0.15, 0.2) is 0 Å². The van der Waals surface area contributed by atoms with Gasteiger partial charge < -0.3 is 9.84 Å². The van der Waals surface area contributed by atoms with Gasteiger partial charge in [0, 0.05) is 0 Å². The van der Waals surface area contributed by atoms with Gasteiger partial charge in [0.05, 0.1) is 18.1 Å². The summed E-state index contributed by atoms with van der Waals surface area (Å²) in [6, 6.07) is 0. The molecule has 0 aliphatic carbocycles. The van der Waals surface area contributed by atoms with Crippen molar-refractivity contribution in [2.45, 2.75) is 39.7 Å². The molecule has 0 aliphatic rings. The Morgan fingerprint density at radius 2 is 2.08 bits per heavy atom. The third-order valence-electron chi connectivity index (χ3n) is 2.00. The molecular formula is C9H18O3. The fourth-order valence-electron chi connectivity index (χ4n) is 0.524. The molecule has 0 radical (unpaired) electrons. The van der Waals surface area contributed by atoms with Crippen molar-refractivity contribution in [3.05, 3.63) is 0 Å². The molecule has 3 nitrogen and oxygen atoms in total. The first kappa shape index (κ1) is 11.4. The van der Waals surface area contributed by atoms with Gasteiger partial charge in [-0.3, -0.25) is 4.79 Å². The van der Waals surface area contributed by atoms with Crippen LogP contribution in [-0.4, -0.2) is 23.3 Å². The summed E-state index contributed by atoms with van der Waals surface area (Å²) >= 11 is 0. The van der Waals surface area contributed by atoms with Gasteiger partial charge in [-0.15, -0.1) is 0 Å². The number of carboxylic acids is 1. The molecule has 0 aromatic heterocycles. The minimum absolute atomic E-state index is 0.205. The second-order valence-corrected chi connectivity index (χ2v) is 3.66. The summed E-state index contributed by atoms with van der Waals surface area (Å²) in [5, 5.41) is 8.57. The summed E-state index contributed by atoms with van der Waals surface area (Å²) in [5.41, 5.74) is -0.205. The predicted octanol–water partition coefficient (Wildman–Crippen LogP) is 1.91. The standard InChI is InChI=1S/C9H18O3/c1-5-9(3,4)12-6-7(2)8(10)11/h7H,5-6H2,1-4H3,(H,10,11). The van der Waals surface area contributed by atoms with E-state index >= 15 is 0 Å². The molecule has 0 saturated carbocycles. The van der Waals surface area contributed by atoms with Crippen molar-refractivity contribution in [3.8, 4) is 0 Å². The average Bonchev–Trinajstić information content (AvgIpc) is 2.00. The molecule has 0 saturated heterocycles. The highest BCUT2D eigenvalue weighted by Gasteiger charge is 2.19. The second-order valence-electron chi connectivity index (χ2n) is 3.66. The Hall–Kier alpha value is -0.570. The lowest BCUT2D eigenvalue weighted by Crippen LogP contribution is -2.28. The molecular weight excluding hydrogens is 156 g/mol. The summed E-state index contributed by atoms with van der Waals surface area (Å²) in [6.45, 7) is 7.87. The largest absolute Gasteiger partial charge is 0.481 e. The monoisotopic (exact) mass is 174 g/mol. The van der Waals surface area contributed by atoms with Crippen LogP contribution in [0, 0.1) is 5.92 Å². The Kier molecular flexibility index (Phi) is 4.24. The van der Waals surface area contributed by atoms with Crippen LogP contribution in [0.4, 0.5) is 0 Å². The zero-order valence-corrected chi connectivity index (χ0v) is 8.26. The van der Waals surface area contributed by atoms with Gasteiger partial charge in [0.2, 0.25) is 0 Å². The molecule has 1 unspecified atom stereocenters. The van der Waals surface area contributed by atoms with E-state index in [4.69, 9.17) is 9.84 Å². The number of carboxylic acid groups (broad SMARTS) is 1. The molecule has 12 heavy (non-hydrogen) atoms. The fourth-order valence-corrected chi connectivity index (χ4v) is 0.524. The van der Waals surface area contributed by atoms with E-state index in [0.717, 1.165) is 6.42 Å². The van der Waals surface area contributed by atoms with Crippen LogP contribution >= 0.6 is 0 Å². The third-order valence-corrected chi connectivity index (χ3v) is 2.00. The normalized spacial score (nSPS) is 14.3. The molecule has 0 bridgehead atoms. The SMILES string of the molecule is CCC(C)(C)OCC(C)C(=O)O. The third kappa shape index (κ3) is 4.34. The van der Waals surface area contributed by atoms with Crippen molar-refractivity contribution in [1.82, 2.24) is 0 Å². The molecule has 0 fully saturated rings. The van der Waals surface area contributed by atoms with Crippen molar-refractivity contribution in [2.24, 2.45) is 5.92 Å². The van der Waals surface area contributed by atoms with Crippen molar-refractivity contribution in [2.75, 3.05) is 6.61 Å². The predicted molar refractivity (Wildman–Crippen MR) is 47.1 cm³/mol.